The second-order valence-electron chi connectivity index (χ2n) is 3.95. The van der Waals surface area contributed by atoms with E-state index in [9.17, 15) is 13.2 Å². The summed E-state index contributed by atoms with van der Waals surface area (Å²) in [6, 6.07) is 5.32. The molecule has 6 heteroatoms. The number of oxazole rings is 1. The Kier molecular flexibility index (Phi) is 3.90. The van der Waals surface area contributed by atoms with Crippen LogP contribution in [0.15, 0.2) is 35.1 Å². The van der Waals surface area contributed by atoms with Crippen LogP contribution in [0.1, 0.15) is 18.2 Å². The molecule has 0 aliphatic carbocycles. The lowest BCUT2D eigenvalue weighted by Crippen LogP contribution is -2.13. The molecule has 0 radical (unpaired) electrons. The molecule has 1 heterocycles. The molecule has 102 valence electrons. The number of halogens is 3. The molecule has 0 amide bonds. The van der Waals surface area contributed by atoms with E-state index in [1.54, 1.807) is 6.07 Å². The third kappa shape index (κ3) is 2.96. The van der Waals surface area contributed by atoms with Gasteiger partial charge in [-0.25, -0.2) is 4.98 Å². The van der Waals surface area contributed by atoms with E-state index in [-0.39, 0.29) is 11.3 Å². The highest BCUT2D eigenvalue weighted by Crippen LogP contribution is 2.37. The zero-order valence-corrected chi connectivity index (χ0v) is 10.3. The van der Waals surface area contributed by atoms with Gasteiger partial charge in [0.15, 0.2) is 12.2 Å². The second-order valence-corrected chi connectivity index (χ2v) is 3.95. The zero-order chi connectivity index (χ0) is 13.9. The van der Waals surface area contributed by atoms with E-state index in [1.165, 1.54) is 12.1 Å². The van der Waals surface area contributed by atoms with E-state index < -0.39 is 11.7 Å². The maximum absolute atomic E-state index is 12.9. The molecule has 1 aromatic heterocycles. The van der Waals surface area contributed by atoms with Crippen LogP contribution in [0.2, 0.25) is 0 Å². The number of alkyl halides is 3. The first-order valence-electron chi connectivity index (χ1n) is 5.83. The molecule has 1 aromatic carbocycles. The molecule has 0 fully saturated rings. The van der Waals surface area contributed by atoms with Crippen molar-refractivity contribution in [1.29, 1.82) is 0 Å². The van der Waals surface area contributed by atoms with E-state index in [0.717, 1.165) is 12.5 Å². The molecule has 0 saturated carbocycles. The third-order valence-corrected chi connectivity index (χ3v) is 2.66. The van der Waals surface area contributed by atoms with Crippen molar-refractivity contribution in [3.63, 3.8) is 0 Å². The average molecular weight is 270 g/mol. The maximum Gasteiger partial charge on any atom is 0.417 e. The van der Waals surface area contributed by atoms with E-state index >= 15 is 0 Å². The minimum atomic E-state index is -4.42. The van der Waals surface area contributed by atoms with Crippen LogP contribution in [-0.4, -0.2) is 11.5 Å². The smallest absolute Gasteiger partial charge is 0.417 e. The summed E-state index contributed by atoms with van der Waals surface area (Å²) in [6.45, 7) is 2.98. The summed E-state index contributed by atoms with van der Waals surface area (Å²) in [5, 5.41) is 3.02. The number of hydrogen-bond acceptors (Lipinski definition) is 3. The van der Waals surface area contributed by atoms with Gasteiger partial charge in [-0.15, -0.1) is 0 Å². The highest BCUT2D eigenvalue weighted by molar-refractivity contribution is 5.64. The van der Waals surface area contributed by atoms with Crippen LogP contribution in [0.3, 0.4) is 0 Å². The molecule has 2 rings (SSSR count). The predicted molar refractivity (Wildman–Crippen MR) is 64.3 cm³/mol. The molecule has 3 nitrogen and oxygen atoms in total. The first kappa shape index (κ1) is 13.6. The van der Waals surface area contributed by atoms with Gasteiger partial charge >= 0.3 is 6.18 Å². The number of hydrogen-bond donors (Lipinski definition) is 1. The Hall–Kier alpha value is -1.82. The lowest BCUT2D eigenvalue weighted by Gasteiger charge is -2.11. The highest BCUT2D eigenvalue weighted by atomic mass is 19.4. The molecule has 19 heavy (non-hydrogen) atoms. The van der Waals surface area contributed by atoms with Gasteiger partial charge in [-0.05, 0) is 12.6 Å². The van der Waals surface area contributed by atoms with E-state index in [0.29, 0.717) is 18.8 Å². The monoisotopic (exact) mass is 270 g/mol. The van der Waals surface area contributed by atoms with E-state index in [2.05, 4.69) is 10.3 Å². The largest absolute Gasteiger partial charge is 0.443 e. The van der Waals surface area contributed by atoms with Crippen LogP contribution >= 0.6 is 0 Å². The van der Waals surface area contributed by atoms with Crippen molar-refractivity contribution in [2.75, 3.05) is 6.54 Å². The number of nitrogens with one attached hydrogen (secondary N) is 1. The number of benzene rings is 1. The van der Waals surface area contributed by atoms with Crippen molar-refractivity contribution in [2.24, 2.45) is 0 Å². The van der Waals surface area contributed by atoms with Crippen LogP contribution in [0.25, 0.3) is 11.3 Å². The Balaban J connectivity index is 2.45. The highest BCUT2D eigenvalue weighted by Gasteiger charge is 2.34. The summed E-state index contributed by atoms with van der Waals surface area (Å²) < 4.78 is 44.0. The summed E-state index contributed by atoms with van der Waals surface area (Å²) in [4.78, 5) is 3.96. The molecule has 0 saturated heterocycles. The Bertz CT molecular complexity index is 549. The number of rotatable bonds is 4. The molecular formula is C13H13F3N2O. The van der Waals surface area contributed by atoms with E-state index in [4.69, 9.17) is 4.42 Å². The first-order chi connectivity index (χ1) is 9.04. The summed E-state index contributed by atoms with van der Waals surface area (Å²) in [6.07, 6.45) is -3.26. The van der Waals surface area contributed by atoms with Crippen molar-refractivity contribution in [3.05, 3.63) is 41.9 Å². The Morgan fingerprint density at radius 3 is 2.68 bits per heavy atom. The van der Waals surface area contributed by atoms with Gasteiger partial charge in [0.1, 0.15) is 5.69 Å². The van der Waals surface area contributed by atoms with Gasteiger partial charge in [0.05, 0.1) is 5.56 Å². The lowest BCUT2D eigenvalue weighted by atomic mass is 10.0. The van der Waals surface area contributed by atoms with Crippen molar-refractivity contribution in [1.82, 2.24) is 10.3 Å². The van der Waals surface area contributed by atoms with Gasteiger partial charge in [-0.3, -0.25) is 0 Å². The average Bonchev–Trinajstić information content (AvgIpc) is 2.83. The fourth-order valence-electron chi connectivity index (χ4n) is 1.79. The Morgan fingerprint density at radius 1 is 1.26 bits per heavy atom. The van der Waals surface area contributed by atoms with Gasteiger partial charge in [0.25, 0.3) is 0 Å². The van der Waals surface area contributed by atoms with Gasteiger partial charge in [-0.2, -0.15) is 13.2 Å². The minimum absolute atomic E-state index is 0.0143. The number of aromatic nitrogens is 1. The van der Waals surface area contributed by atoms with Gasteiger partial charge < -0.3 is 9.73 Å². The standard InChI is InChI=1S/C13H13F3N2O/c1-2-17-7-11-12(19-8-18-11)9-5-3-4-6-10(9)13(14,15)16/h3-6,8,17H,2,7H2,1H3. The third-order valence-electron chi connectivity index (χ3n) is 2.66. The fourth-order valence-corrected chi connectivity index (χ4v) is 1.79. The van der Waals surface area contributed by atoms with Crippen LogP contribution in [0.5, 0.6) is 0 Å². The quantitative estimate of drug-likeness (QED) is 0.924. The Morgan fingerprint density at radius 2 is 2.00 bits per heavy atom. The van der Waals surface area contributed by atoms with Gasteiger partial charge in [0, 0.05) is 12.1 Å². The molecule has 0 unspecified atom stereocenters. The lowest BCUT2D eigenvalue weighted by molar-refractivity contribution is -0.137. The molecule has 0 spiro atoms. The second kappa shape index (κ2) is 5.44. The molecule has 2 aromatic rings. The van der Waals surface area contributed by atoms with Gasteiger partial charge in [-0.1, -0.05) is 25.1 Å². The zero-order valence-electron chi connectivity index (χ0n) is 10.3. The predicted octanol–water partition coefficient (Wildman–Crippen LogP) is 3.47. The first-order valence-corrected chi connectivity index (χ1v) is 5.83. The van der Waals surface area contributed by atoms with Crippen LogP contribution in [-0.2, 0) is 12.7 Å². The topological polar surface area (TPSA) is 38.1 Å². The molecule has 0 aliphatic rings. The maximum atomic E-state index is 12.9. The minimum Gasteiger partial charge on any atom is -0.443 e. The Labute approximate surface area is 108 Å². The molecule has 0 atom stereocenters. The summed E-state index contributed by atoms with van der Waals surface area (Å²) >= 11 is 0. The van der Waals surface area contributed by atoms with Crippen LogP contribution in [0, 0.1) is 0 Å². The molecule has 1 N–H and O–H groups in total. The fraction of sp³-hybridized carbons (Fsp3) is 0.308. The summed E-state index contributed by atoms with van der Waals surface area (Å²) in [5.41, 5.74) is -0.233. The van der Waals surface area contributed by atoms with Crippen molar-refractivity contribution in [3.8, 4) is 11.3 Å². The van der Waals surface area contributed by atoms with Gasteiger partial charge in [0.2, 0.25) is 0 Å². The van der Waals surface area contributed by atoms with Crippen LogP contribution < -0.4 is 5.32 Å². The SMILES string of the molecule is CCNCc1ncoc1-c1ccccc1C(F)(F)F. The molecule has 0 bridgehead atoms. The summed E-state index contributed by atoms with van der Waals surface area (Å²) in [7, 11) is 0. The summed E-state index contributed by atoms with van der Waals surface area (Å²) in [5.74, 6) is 0.161. The van der Waals surface area contributed by atoms with Crippen molar-refractivity contribution in [2.45, 2.75) is 19.6 Å². The van der Waals surface area contributed by atoms with Crippen LogP contribution in [0.4, 0.5) is 13.2 Å². The molecule has 0 aliphatic heterocycles. The molecular weight excluding hydrogens is 257 g/mol. The normalized spacial score (nSPS) is 11.8. The van der Waals surface area contributed by atoms with Crippen molar-refractivity contribution < 1.29 is 17.6 Å². The van der Waals surface area contributed by atoms with Crippen molar-refractivity contribution >= 4 is 0 Å². The van der Waals surface area contributed by atoms with E-state index in [1.807, 2.05) is 6.92 Å². The number of nitrogens with zero attached hydrogens (tertiary/aromatic N) is 1.